The van der Waals surface area contributed by atoms with E-state index in [1.165, 1.54) is 0 Å². The summed E-state index contributed by atoms with van der Waals surface area (Å²) in [5.74, 6) is -3.11. The Morgan fingerprint density at radius 2 is 1.56 bits per heavy atom. The Morgan fingerprint density at radius 1 is 1.12 bits per heavy atom. The molecule has 0 amide bonds. The van der Waals surface area contributed by atoms with Crippen molar-refractivity contribution in [3.8, 4) is 0 Å². The van der Waals surface area contributed by atoms with Crippen LogP contribution >= 0.6 is 7.60 Å². The van der Waals surface area contributed by atoms with Gasteiger partial charge >= 0.3 is 110 Å². The summed E-state index contributed by atoms with van der Waals surface area (Å²) in [4.78, 5) is 37.4. The zero-order valence-electron chi connectivity index (χ0n) is 9.08. The van der Waals surface area contributed by atoms with Gasteiger partial charge in [-0.15, -0.1) is 0 Å². The van der Waals surface area contributed by atoms with E-state index in [1.54, 1.807) is 0 Å². The molecule has 0 fully saturated rings. The van der Waals surface area contributed by atoms with Gasteiger partial charge in [-0.1, -0.05) is 0 Å². The third-order valence-electron chi connectivity index (χ3n) is 1.56. The van der Waals surface area contributed by atoms with Crippen molar-refractivity contribution in [2.75, 3.05) is 0 Å². The van der Waals surface area contributed by atoms with Gasteiger partial charge in [0.1, 0.15) is 0 Å². The first kappa shape index (κ1) is 23.5. The number of carboxylic acid groups (broad SMARTS) is 2. The summed E-state index contributed by atoms with van der Waals surface area (Å²) in [7, 11) is -4.60. The number of aliphatic carboxylic acids is 2. The van der Waals surface area contributed by atoms with Crippen molar-refractivity contribution in [3.05, 3.63) is 0 Å². The quantitative estimate of drug-likeness (QED) is 0.367. The number of carbonyl (C=O) groups is 2. The molecule has 0 aliphatic carbocycles. The van der Waals surface area contributed by atoms with E-state index in [0.29, 0.717) is 0 Å². The van der Waals surface area contributed by atoms with Crippen molar-refractivity contribution in [2.24, 2.45) is 0 Å². The van der Waals surface area contributed by atoms with E-state index in [9.17, 15) is 24.4 Å². The minimum Gasteiger partial charge on any atom is -0.550 e. The second-order valence-corrected chi connectivity index (χ2v) is 4.64. The average molecular weight is 302 g/mol. The molecule has 0 rings (SSSR count). The normalized spacial score (nSPS) is 11.9. The molecule has 0 aromatic heterocycles. The molecule has 0 aromatic rings. The van der Waals surface area contributed by atoms with E-state index in [1.807, 2.05) is 0 Å². The fourth-order valence-corrected chi connectivity index (χ4v) is 1.72. The molecular formula is C6H9K2O7P. The van der Waals surface area contributed by atoms with Gasteiger partial charge in [-0.05, 0) is 12.8 Å². The fourth-order valence-electron chi connectivity index (χ4n) is 0.866. The van der Waals surface area contributed by atoms with E-state index < -0.39 is 44.5 Å². The Hall–Kier alpha value is 2.36. The van der Waals surface area contributed by atoms with E-state index in [4.69, 9.17) is 9.79 Å². The molecule has 0 aromatic carbocycles. The minimum absolute atomic E-state index is 0. The largest absolute Gasteiger partial charge is 1.00 e. The van der Waals surface area contributed by atoms with Crippen molar-refractivity contribution in [2.45, 2.75) is 24.9 Å². The van der Waals surface area contributed by atoms with Gasteiger partial charge in [0.2, 0.25) is 0 Å². The number of rotatable bonds is 6. The Morgan fingerprint density at radius 3 is 1.81 bits per heavy atom. The monoisotopic (exact) mass is 302 g/mol. The third-order valence-corrected chi connectivity index (χ3v) is 2.95. The van der Waals surface area contributed by atoms with Crippen molar-refractivity contribution in [1.82, 2.24) is 0 Å². The Bertz CT molecular complexity index is 276. The molecule has 82 valence electrons. The number of carboxylic acids is 2. The molecule has 0 aliphatic rings. The average Bonchev–Trinajstić information content (AvgIpc) is 1.94. The van der Waals surface area contributed by atoms with Crippen LogP contribution in [0.5, 0.6) is 0 Å². The standard InChI is InChI=1S/C6H11O7P.2K/c7-5(8)2-1-4(3-6(9)10)14(11,12)13;;/h4H,1-3H2,(H,7,8)(H,9,10)(H2,11,12,13);;/q;2*+1/p-2. The van der Waals surface area contributed by atoms with E-state index in [-0.39, 0.29) is 103 Å². The van der Waals surface area contributed by atoms with Crippen LogP contribution in [0.25, 0.3) is 0 Å². The second-order valence-electron chi connectivity index (χ2n) is 2.73. The molecule has 7 nitrogen and oxygen atoms in total. The van der Waals surface area contributed by atoms with Crippen LogP contribution in [0.15, 0.2) is 0 Å². The topological polar surface area (TPSA) is 138 Å². The van der Waals surface area contributed by atoms with Gasteiger partial charge < -0.3 is 29.6 Å². The van der Waals surface area contributed by atoms with Crippen molar-refractivity contribution in [1.29, 1.82) is 0 Å². The summed E-state index contributed by atoms with van der Waals surface area (Å²) >= 11 is 0. The molecule has 0 radical (unpaired) electrons. The molecule has 1 atom stereocenters. The van der Waals surface area contributed by atoms with Crippen molar-refractivity contribution < 1.29 is 137 Å². The molecule has 0 heterocycles. The summed E-state index contributed by atoms with van der Waals surface area (Å²) in [6.45, 7) is 0. The van der Waals surface area contributed by atoms with Gasteiger partial charge in [-0.2, -0.15) is 0 Å². The van der Waals surface area contributed by atoms with Gasteiger partial charge in [0.25, 0.3) is 0 Å². The van der Waals surface area contributed by atoms with Gasteiger partial charge in [-0.3, -0.25) is 4.57 Å². The van der Waals surface area contributed by atoms with Gasteiger partial charge in [0, 0.05) is 18.4 Å². The molecule has 16 heavy (non-hydrogen) atoms. The maximum Gasteiger partial charge on any atom is 1.00 e. The van der Waals surface area contributed by atoms with Gasteiger partial charge in [0.05, 0.1) is 5.66 Å². The first-order chi connectivity index (χ1) is 6.23. The summed E-state index contributed by atoms with van der Waals surface area (Å²) in [6.07, 6.45) is -1.90. The van der Waals surface area contributed by atoms with Crippen molar-refractivity contribution in [3.63, 3.8) is 0 Å². The summed E-state index contributed by atoms with van der Waals surface area (Å²) in [5, 5.41) is 20.1. The zero-order chi connectivity index (χ0) is 11.4. The van der Waals surface area contributed by atoms with E-state index in [2.05, 4.69) is 0 Å². The van der Waals surface area contributed by atoms with Crippen LogP contribution in [-0.2, 0) is 14.2 Å². The Labute approximate surface area is 177 Å². The molecule has 1 unspecified atom stereocenters. The molecular weight excluding hydrogens is 293 g/mol. The smallest absolute Gasteiger partial charge is 0.550 e. The predicted octanol–water partition coefficient (Wildman–Crippen LogP) is -8.79. The number of carbonyl (C=O) groups excluding carboxylic acids is 2. The van der Waals surface area contributed by atoms with Crippen LogP contribution in [0.1, 0.15) is 19.3 Å². The Kier molecular flexibility index (Phi) is 16.4. The van der Waals surface area contributed by atoms with Crippen LogP contribution in [0.2, 0.25) is 0 Å². The van der Waals surface area contributed by atoms with Gasteiger partial charge in [0.15, 0.2) is 0 Å². The molecule has 2 N–H and O–H groups in total. The molecule has 0 spiro atoms. The maximum absolute atomic E-state index is 10.7. The van der Waals surface area contributed by atoms with Crippen LogP contribution in [0, 0.1) is 0 Å². The van der Waals surface area contributed by atoms with E-state index >= 15 is 0 Å². The Balaban J connectivity index is -0.000000845. The maximum atomic E-state index is 10.7. The second kappa shape index (κ2) is 11.2. The van der Waals surface area contributed by atoms with Gasteiger partial charge in [-0.25, -0.2) is 0 Å². The predicted molar refractivity (Wildman–Crippen MR) is 39.7 cm³/mol. The minimum atomic E-state index is -4.60. The molecule has 0 aliphatic heterocycles. The SMILES string of the molecule is O=C([O-])CCC(CC(=O)[O-])P(=O)(O)O.[K+].[K+]. The molecule has 0 bridgehead atoms. The van der Waals surface area contributed by atoms with Crippen LogP contribution in [-0.4, -0.2) is 27.4 Å². The van der Waals surface area contributed by atoms with Crippen LogP contribution in [0.3, 0.4) is 0 Å². The van der Waals surface area contributed by atoms with Crippen LogP contribution in [0.4, 0.5) is 0 Å². The number of hydrogen-bond donors (Lipinski definition) is 2. The first-order valence-corrected chi connectivity index (χ1v) is 5.36. The fraction of sp³-hybridized carbons (Fsp3) is 0.667. The van der Waals surface area contributed by atoms with E-state index in [0.717, 1.165) is 0 Å². The molecule has 0 saturated carbocycles. The third kappa shape index (κ3) is 12.8. The zero-order valence-corrected chi connectivity index (χ0v) is 16.2. The molecule has 10 heteroatoms. The summed E-state index contributed by atoms with van der Waals surface area (Å²) in [5.41, 5.74) is -1.52. The van der Waals surface area contributed by atoms with Crippen molar-refractivity contribution >= 4 is 19.5 Å². The van der Waals surface area contributed by atoms with Crippen LogP contribution < -0.4 is 113 Å². The summed E-state index contributed by atoms with van der Waals surface area (Å²) < 4.78 is 10.7. The number of hydrogen-bond acceptors (Lipinski definition) is 5. The first-order valence-electron chi connectivity index (χ1n) is 3.68. The molecule has 0 saturated heterocycles. The summed E-state index contributed by atoms with van der Waals surface area (Å²) in [6, 6.07) is 0.